The molecule has 1 aromatic rings. The molecule has 1 unspecified atom stereocenters. The molecule has 1 aromatic carbocycles. The van der Waals surface area contributed by atoms with Crippen LogP contribution in [0, 0.1) is 11.6 Å². The van der Waals surface area contributed by atoms with Crippen molar-refractivity contribution in [1.29, 1.82) is 0 Å². The van der Waals surface area contributed by atoms with Gasteiger partial charge in [-0.25, -0.2) is 8.78 Å². The first kappa shape index (κ1) is 11.2. The molecule has 78 valence electrons. The van der Waals surface area contributed by atoms with Crippen LogP contribution in [0.5, 0.6) is 5.75 Å². The molecule has 0 fully saturated rings. The molecule has 0 amide bonds. The fourth-order valence-electron chi connectivity index (χ4n) is 0.804. The molecule has 5 heteroatoms. The van der Waals surface area contributed by atoms with Gasteiger partial charge in [0.2, 0.25) is 0 Å². The minimum absolute atomic E-state index is 0.0314. The first-order valence-electron chi connectivity index (χ1n) is 3.95. The molecule has 1 N–H and O–H groups in total. The zero-order valence-electron chi connectivity index (χ0n) is 7.21. The minimum atomic E-state index is -0.983. The lowest BCUT2D eigenvalue weighted by Gasteiger charge is -2.09. The Morgan fingerprint density at radius 1 is 1.36 bits per heavy atom. The molecule has 0 spiro atoms. The summed E-state index contributed by atoms with van der Waals surface area (Å²) in [6.45, 7) is -0.0471. The fourth-order valence-corrected chi connectivity index (χ4v) is 0.893. The van der Waals surface area contributed by atoms with E-state index in [4.69, 9.17) is 21.4 Å². The largest absolute Gasteiger partial charge is 0.491 e. The van der Waals surface area contributed by atoms with E-state index in [0.29, 0.717) is 0 Å². The summed E-state index contributed by atoms with van der Waals surface area (Å²) in [7, 11) is 0. The molecule has 0 radical (unpaired) electrons. The molecule has 1 atom stereocenters. The fraction of sp³-hybridized carbons (Fsp3) is 0.333. The molecule has 0 aliphatic rings. The lowest BCUT2D eigenvalue weighted by Crippen LogP contribution is -2.18. The first-order chi connectivity index (χ1) is 6.63. The predicted molar refractivity (Wildman–Crippen MR) is 48.6 cm³/mol. The molecule has 0 bridgehead atoms. The van der Waals surface area contributed by atoms with Crippen molar-refractivity contribution in [3.05, 3.63) is 29.8 Å². The highest BCUT2D eigenvalue weighted by atomic mass is 35.5. The summed E-state index contributed by atoms with van der Waals surface area (Å²) < 4.78 is 30.1. The monoisotopic (exact) mass is 222 g/mol. The normalized spacial score (nSPS) is 12.6. The summed E-state index contributed by atoms with van der Waals surface area (Å²) in [6, 6.07) is 3.15. The van der Waals surface area contributed by atoms with Gasteiger partial charge >= 0.3 is 0 Å². The summed E-state index contributed by atoms with van der Waals surface area (Å²) in [5.41, 5.74) is 0. The molecule has 2 nitrogen and oxygen atoms in total. The van der Waals surface area contributed by atoms with Crippen LogP contribution in [-0.2, 0) is 0 Å². The second-order valence-electron chi connectivity index (χ2n) is 2.70. The van der Waals surface area contributed by atoms with Crippen LogP contribution in [0.4, 0.5) is 8.78 Å². The highest BCUT2D eigenvalue weighted by molar-refractivity contribution is 6.18. The Morgan fingerprint density at radius 3 is 2.64 bits per heavy atom. The van der Waals surface area contributed by atoms with Gasteiger partial charge in [-0.1, -0.05) is 0 Å². The van der Waals surface area contributed by atoms with E-state index in [1.54, 1.807) is 0 Å². The summed E-state index contributed by atoms with van der Waals surface area (Å²) in [6.07, 6.45) is -0.815. The molecule has 0 aliphatic heterocycles. The van der Waals surface area contributed by atoms with Crippen LogP contribution in [0.1, 0.15) is 0 Å². The number of aliphatic hydroxyl groups excluding tert-OH is 1. The zero-order chi connectivity index (χ0) is 10.6. The van der Waals surface area contributed by atoms with E-state index in [0.717, 1.165) is 12.1 Å². The predicted octanol–water partition coefficient (Wildman–Crippen LogP) is 1.94. The Kier molecular flexibility index (Phi) is 4.10. The van der Waals surface area contributed by atoms with Gasteiger partial charge in [0.25, 0.3) is 0 Å². The van der Waals surface area contributed by atoms with E-state index in [2.05, 4.69) is 0 Å². The number of benzene rings is 1. The average Bonchev–Trinajstić information content (AvgIpc) is 2.19. The number of alkyl halides is 1. The Balaban J connectivity index is 2.55. The maximum Gasteiger partial charge on any atom is 0.162 e. The first-order valence-corrected chi connectivity index (χ1v) is 4.49. The highest BCUT2D eigenvalue weighted by Gasteiger charge is 2.06. The van der Waals surface area contributed by atoms with Gasteiger partial charge in [0.1, 0.15) is 18.5 Å². The quantitative estimate of drug-likeness (QED) is 0.789. The Bertz CT molecular complexity index is 307. The number of aliphatic hydroxyl groups is 1. The molecular weight excluding hydrogens is 214 g/mol. The van der Waals surface area contributed by atoms with Crippen molar-refractivity contribution in [3.8, 4) is 5.75 Å². The second kappa shape index (κ2) is 5.12. The Hall–Kier alpha value is -0.870. The third-order valence-corrected chi connectivity index (χ3v) is 1.87. The van der Waals surface area contributed by atoms with Crippen molar-refractivity contribution >= 4 is 11.6 Å². The molecule has 0 heterocycles. The van der Waals surface area contributed by atoms with Crippen LogP contribution in [-0.4, -0.2) is 23.7 Å². The van der Waals surface area contributed by atoms with Crippen LogP contribution >= 0.6 is 11.6 Å². The van der Waals surface area contributed by atoms with Crippen LogP contribution in [0.25, 0.3) is 0 Å². The van der Waals surface area contributed by atoms with E-state index >= 15 is 0 Å². The number of halogens is 3. The highest BCUT2D eigenvalue weighted by Crippen LogP contribution is 2.15. The average molecular weight is 223 g/mol. The third-order valence-electron chi connectivity index (χ3n) is 1.51. The smallest absolute Gasteiger partial charge is 0.162 e. The van der Waals surface area contributed by atoms with Gasteiger partial charge in [0, 0.05) is 6.07 Å². The van der Waals surface area contributed by atoms with Gasteiger partial charge in [0.05, 0.1) is 5.88 Å². The van der Waals surface area contributed by atoms with Crippen molar-refractivity contribution in [3.63, 3.8) is 0 Å². The molecular formula is C9H9ClF2O2. The van der Waals surface area contributed by atoms with Crippen LogP contribution in [0.3, 0.4) is 0 Å². The lowest BCUT2D eigenvalue weighted by molar-refractivity contribution is 0.125. The maximum atomic E-state index is 12.6. The molecule has 0 saturated carbocycles. The van der Waals surface area contributed by atoms with Gasteiger partial charge in [-0.15, -0.1) is 11.6 Å². The SMILES string of the molecule is OC(CCl)COc1ccc(F)c(F)c1. The third kappa shape index (κ3) is 3.12. The number of rotatable bonds is 4. The van der Waals surface area contributed by atoms with Crippen LogP contribution in [0.15, 0.2) is 18.2 Å². The van der Waals surface area contributed by atoms with Crippen molar-refractivity contribution in [2.45, 2.75) is 6.10 Å². The van der Waals surface area contributed by atoms with Gasteiger partial charge in [-0.3, -0.25) is 0 Å². The van der Waals surface area contributed by atoms with Crippen LogP contribution < -0.4 is 4.74 Å². The Labute approximate surface area is 85.1 Å². The molecule has 0 aliphatic carbocycles. The van der Waals surface area contributed by atoms with E-state index in [-0.39, 0.29) is 18.2 Å². The van der Waals surface area contributed by atoms with E-state index in [9.17, 15) is 8.78 Å². The number of hydrogen-bond acceptors (Lipinski definition) is 2. The summed E-state index contributed by atoms with van der Waals surface area (Å²) in [5.74, 6) is -1.73. The van der Waals surface area contributed by atoms with Crippen molar-refractivity contribution in [2.24, 2.45) is 0 Å². The summed E-state index contributed by atoms with van der Waals surface area (Å²) >= 11 is 5.31. The zero-order valence-corrected chi connectivity index (χ0v) is 7.97. The summed E-state index contributed by atoms with van der Waals surface area (Å²) in [4.78, 5) is 0. The van der Waals surface area contributed by atoms with E-state index in [1.807, 2.05) is 0 Å². The standard InChI is InChI=1S/C9H9ClF2O2/c10-4-6(13)5-14-7-1-2-8(11)9(12)3-7/h1-3,6,13H,4-5H2. The van der Waals surface area contributed by atoms with Gasteiger partial charge < -0.3 is 9.84 Å². The minimum Gasteiger partial charge on any atom is -0.491 e. The molecule has 1 rings (SSSR count). The Morgan fingerprint density at radius 2 is 2.07 bits per heavy atom. The van der Waals surface area contributed by atoms with Crippen molar-refractivity contribution < 1.29 is 18.6 Å². The van der Waals surface area contributed by atoms with E-state index < -0.39 is 17.7 Å². The maximum absolute atomic E-state index is 12.6. The van der Waals surface area contributed by atoms with Crippen molar-refractivity contribution in [1.82, 2.24) is 0 Å². The van der Waals surface area contributed by atoms with Crippen LogP contribution in [0.2, 0.25) is 0 Å². The lowest BCUT2D eigenvalue weighted by atomic mass is 10.3. The topological polar surface area (TPSA) is 29.5 Å². The van der Waals surface area contributed by atoms with Gasteiger partial charge in [-0.2, -0.15) is 0 Å². The van der Waals surface area contributed by atoms with Crippen molar-refractivity contribution in [2.75, 3.05) is 12.5 Å². The van der Waals surface area contributed by atoms with Gasteiger partial charge in [-0.05, 0) is 12.1 Å². The van der Waals surface area contributed by atoms with Gasteiger partial charge in [0.15, 0.2) is 11.6 Å². The number of ether oxygens (including phenoxy) is 1. The number of hydrogen-bond donors (Lipinski definition) is 1. The second-order valence-corrected chi connectivity index (χ2v) is 3.00. The molecule has 0 aromatic heterocycles. The molecule has 14 heavy (non-hydrogen) atoms. The summed E-state index contributed by atoms with van der Waals surface area (Å²) in [5, 5.41) is 9.02. The van der Waals surface area contributed by atoms with E-state index in [1.165, 1.54) is 6.07 Å². The molecule has 0 saturated heterocycles.